The second-order valence-electron chi connectivity index (χ2n) is 4.41. The summed E-state index contributed by atoms with van der Waals surface area (Å²) < 4.78 is 10.2. The van der Waals surface area contributed by atoms with E-state index in [0.29, 0.717) is 12.3 Å². The lowest BCUT2D eigenvalue weighted by Crippen LogP contribution is -2.28. The molecule has 0 atom stereocenters. The molecule has 0 radical (unpaired) electrons. The second-order valence-corrected chi connectivity index (χ2v) is 4.41. The zero-order chi connectivity index (χ0) is 15.8. The van der Waals surface area contributed by atoms with Crippen LogP contribution in [0.25, 0.3) is 0 Å². The summed E-state index contributed by atoms with van der Waals surface area (Å²) >= 11 is 0. The first-order valence-corrected chi connectivity index (χ1v) is 6.67. The van der Waals surface area contributed by atoms with Crippen molar-refractivity contribution in [2.24, 2.45) is 10.7 Å². The zero-order valence-electron chi connectivity index (χ0n) is 12.6. The maximum atomic E-state index is 11.6. The van der Waals surface area contributed by atoms with Gasteiger partial charge < -0.3 is 25.5 Å². The fraction of sp³-hybridized carbons (Fsp3) is 0.200. The highest BCUT2D eigenvalue weighted by Crippen LogP contribution is 2.14. The third-order valence-electron chi connectivity index (χ3n) is 2.80. The number of aliphatic imine (C=N–C) groups is 1. The summed E-state index contributed by atoms with van der Waals surface area (Å²) in [5.41, 5.74) is 6.49. The predicted octanol–water partition coefficient (Wildman–Crippen LogP) is 1.95. The molecule has 0 bridgehead atoms. The fourth-order valence-electron chi connectivity index (χ4n) is 1.67. The molecule has 1 heterocycles. The van der Waals surface area contributed by atoms with Gasteiger partial charge >= 0.3 is 0 Å². The van der Waals surface area contributed by atoms with Gasteiger partial charge in [-0.05, 0) is 36.4 Å². The lowest BCUT2D eigenvalue weighted by atomic mass is 10.3. The number of nitrogens with one attached hydrogen (secondary N) is 2. The largest absolute Gasteiger partial charge is 0.497 e. The van der Waals surface area contributed by atoms with Gasteiger partial charge in [0.05, 0.1) is 19.9 Å². The lowest BCUT2D eigenvalue weighted by molar-refractivity contribution is -0.119. The topological polar surface area (TPSA) is 102 Å². The molecule has 0 saturated heterocycles. The number of nitrogens with two attached hydrogens (primary N) is 1. The molecule has 7 nitrogen and oxygen atoms in total. The van der Waals surface area contributed by atoms with Crippen LogP contribution < -0.4 is 21.1 Å². The van der Waals surface area contributed by atoms with Crippen LogP contribution in [0.2, 0.25) is 0 Å². The summed E-state index contributed by atoms with van der Waals surface area (Å²) in [5.74, 6) is 1.36. The predicted molar refractivity (Wildman–Crippen MR) is 99.1 cm³/mol. The van der Waals surface area contributed by atoms with Crippen LogP contribution in [0.1, 0.15) is 5.76 Å². The Morgan fingerprint density at radius 3 is 2.65 bits per heavy atom. The van der Waals surface area contributed by atoms with Gasteiger partial charge in [-0.3, -0.25) is 4.79 Å². The van der Waals surface area contributed by atoms with Gasteiger partial charge in [-0.2, -0.15) is 0 Å². The number of rotatable bonds is 6. The summed E-state index contributed by atoms with van der Waals surface area (Å²) in [7, 11) is 1.60. The van der Waals surface area contributed by atoms with E-state index in [1.807, 2.05) is 0 Å². The normalized spacial score (nSPS) is 10.6. The Morgan fingerprint density at radius 2 is 2.04 bits per heavy atom. The van der Waals surface area contributed by atoms with E-state index in [-0.39, 0.29) is 42.4 Å². The summed E-state index contributed by atoms with van der Waals surface area (Å²) in [5, 5.41) is 5.57. The quantitative estimate of drug-likeness (QED) is 0.370. The molecule has 8 heteroatoms. The van der Waals surface area contributed by atoms with Gasteiger partial charge in [0.15, 0.2) is 5.96 Å². The van der Waals surface area contributed by atoms with E-state index in [9.17, 15) is 4.79 Å². The van der Waals surface area contributed by atoms with Gasteiger partial charge in [0.1, 0.15) is 18.1 Å². The number of benzene rings is 1. The first-order valence-electron chi connectivity index (χ1n) is 6.67. The van der Waals surface area contributed by atoms with Crippen molar-refractivity contribution in [2.75, 3.05) is 19.0 Å². The highest BCUT2D eigenvalue weighted by atomic mass is 127. The number of hydrogen-bond acceptors (Lipinski definition) is 4. The number of nitrogens with zero attached hydrogens (tertiary/aromatic N) is 1. The van der Waals surface area contributed by atoms with Crippen LogP contribution in [0, 0.1) is 0 Å². The zero-order valence-corrected chi connectivity index (χ0v) is 14.9. The monoisotopic (exact) mass is 430 g/mol. The molecule has 0 spiro atoms. The maximum Gasteiger partial charge on any atom is 0.242 e. The number of carbonyl (C=O) groups is 1. The summed E-state index contributed by atoms with van der Waals surface area (Å²) in [6.45, 7) is 0.267. The smallest absolute Gasteiger partial charge is 0.242 e. The Bertz CT molecular complexity index is 627. The van der Waals surface area contributed by atoms with Crippen molar-refractivity contribution in [1.29, 1.82) is 0 Å². The molecule has 0 aliphatic heterocycles. The molecule has 0 fully saturated rings. The Balaban J connectivity index is 0.00000264. The maximum absolute atomic E-state index is 11.6. The average Bonchev–Trinajstić information content (AvgIpc) is 3.05. The Kier molecular flexibility index (Phi) is 7.95. The van der Waals surface area contributed by atoms with Crippen LogP contribution in [0.5, 0.6) is 5.75 Å². The Labute approximate surface area is 151 Å². The van der Waals surface area contributed by atoms with Gasteiger partial charge in [-0.1, -0.05) is 0 Å². The number of hydrogen-bond donors (Lipinski definition) is 3. The van der Waals surface area contributed by atoms with Crippen molar-refractivity contribution in [3.63, 3.8) is 0 Å². The highest BCUT2D eigenvalue weighted by molar-refractivity contribution is 14.0. The van der Waals surface area contributed by atoms with Gasteiger partial charge in [0, 0.05) is 5.69 Å². The van der Waals surface area contributed by atoms with Crippen LogP contribution >= 0.6 is 24.0 Å². The molecular weight excluding hydrogens is 411 g/mol. The van der Waals surface area contributed by atoms with Crippen molar-refractivity contribution < 1.29 is 13.9 Å². The minimum Gasteiger partial charge on any atom is -0.497 e. The number of methoxy groups -OCH3 is 1. The first kappa shape index (κ1) is 18.8. The molecule has 0 unspecified atom stereocenters. The van der Waals surface area contributed by atoms with Gasteiger partial charge in [0.2, 0.25) is 5.91 Å². The van der Waals surface area contributed by atoms with Crippen molar-refractivity contribution in [2.45, 2.75) is 6.54 Å². The number of anilines is 1. The first-order chi connectivity index (χ1) is 10.7. The van der Waals surface area contributed by atoms with Crippen molar-refractivity contribution >= 4 is 41.5 Å². The minimum absolute atomic E-state index is 0. The van der Waals surface area contributed by atoms with E-state index in [2.05, 4.69) is 15.6 Å². The standard InChI is InChI=1S/C15H18N4O3.HI/c1-21-12-6-4-11(5-7-12)19-15(16)18-10-14(20)17-9-13-3-2-8-22-13;/h2-8H,9-10H2,1H3,(H,17,20)(H3,16,18,19);1H. The number of carbonyl (C=O) groups excluding carboxylic acids is 1. The van der Waals surface area contributed by atoms with E-state index in [0.717, 1.165) is 11.4 Å². The number of guanidine groups is 1. The van der Waals surface area contributed by atoms with Gasteiger partial charge in [0.25, 0.3) is 0 Å². The summed E-state index contributed by atoms with van der Waals surface area (Å²) in [6, 6.07) is 10.7. The molecule has 1 aromatic carbocycles. The molecule has 2 aromatic rings. The van der Waals surface area contributed by atoms with Crippen LogP contribution in [0.15, 0.2) is 52.1 Å². The number of amides is 1. The van der Waals surface area contributed by atoms with Crippen LogP contribution in [-0.4, -0.2) is 25.5 Å². The van der Waals surface area contributed by atoms with E-state index in [4.69, 9.17) is 14.9 Å². The van der Waals surface area contributed by atoms with Crippen LogP contribution in [-0.2, 0) is 11.3 Å². The third-order valence-corrected chi connectivity index (χ3v) is 2.80. The number of furan rings is 1. The van der Waals surface area contributed by atoms with Crippen molar-refractivity contribution in [3.05, 3.63) is 48.4 Å². The average molecular weight is 430 g/mol. The molecule has 1 aromatic heterocycles. The van der Waals surface area contributed by atoms with Gasteiger partial charge in [-0.25, -0.2) is 4.99 Å². The highest BCUT2D eigenvalue weighted by Gasteiger charge is 2.02. The number of ether oxygens (including phenoxy) is 1. The van der Waals surface area contributed by atoms with Crippen LogP contribution in [0.4, 0.5) is 5.69 Å². The van der Waals surface area contributed by atoms with Crippen molar-refractivity contribution in [3.8, 4) is 5.75 Å². The molecule has 0 aliphatic carbocycles. The van der Waals surface area contributed by atoms with Crippen molar-refractivity contribution in [1.82, 2.24) is 5.32 Å². The second kappa shape index (κ2) is 9.72. The number of halogens is 1. The SMILES string of the molecule is COc1ccc(NC(N)=NCC(=O)NCc2ccco2)cc1.I. The Hall–Kier alpha value is -2.23. The molecular formula is C15H19IN4O3. The lowest BCUT2D eigenvalue weighted by Gasteiger charge is -2.06. The minimum atomic E-state index is -0.240. The van der Waals surface area contributed by atoms with Gasteiger partial charge in [-0.15, -0.1) is 24.0 Å². The fourth-order valence-corrected chi connectivity index (χ4v) is 1.67. The van der Waals surface area contributed by atoms with Crippen LogP contribution in [0.3, 0.4) is 0 Å². The summed E-state index contributed by atoms with van der Waals surface area (Å²) in [4.78, 5) is 15.6. The Morgan fingerprint density at radius 1 is 1.30 bits per heavy atom. The molecule has 0 aliphatic rings. The molecule has 23 heavy (non-hydrogen) atoms. The molecule has 4 N–H and O–H groups in total. The molecule has 1 amide bonds. The van der Waals surface area contributed by atoms with E-state index < -0.39 is 0 Å². The third kappa shape index (κ3) is 6.59. The summed E-state index contributed by atoms with van der Waals surface area (Å²) in [6.07, 6.45) is 1.55. The molecule has 2 rings (SSSR count). The van der Waals surface area contributed by atoms with E-state index in [1.54, 1.807) is 49.8 Å². The molecule has 124 valence electrons. The van der Waals surface area contributed by atoms with E-state index >= 15 is 0 Å². The van der Waals surface area contributed by atoms with E-state index in [1.165, 1.54) is 0 Å². The molecule has 0 saturated carbocycles.